The van der Waals surface area contributed by atoms with Gasteiger partial charge in [-0.3, -0.25) is 9.59 Å². The monoisotopic (exact) mass is 762 g/mol. The summed E-state index contributed by atoms with van der Waals surface area (Å²) in [4.78, 5) is 70.0. The zero-order valence-corrected chi connectivity index (χ0v) is 31.3. The molecule has 290 valence electrons. The molecule has 5 aromatic rings. The van der Waals surface area contributed by atoms with Crippen LogP contribution in [0.1, 0.15) is 67.9 Å². The summed E-state index contributed by atoms with van der Waals surface area (Å²) in [5.41, 5.74) is 4.64. The molecule has 14 nitrogen and oxygen atoms in total. The Kier molecular flexibility index (Phi) is 11.1. The van der Waals surface area contributed by atoms with E-state index in [0.717, 1.165) is 29.7 Å². The zero-order chi connectivity index (χ0) is 39.3. The number of carbonyl (C=O) groups is 4. The molecule has 0 bridgehead atoms. The van der Waals surface area contributed by atoms with Crippen molar-refractivity contribution in [3.8, 4) is 33.6 Å². The molecule has 2 saturated heterocycles. The van der Waals surface area contributed by atoms with Crippen molar-refractivity contribution in [2.24, 2.45) is 0 Å². The highest BCUT2D eigenvalue weighted by Gasteiger charge is 2.37. The zero-order valence-electron chi connectivity index (χ0n) is 31.3. The van der Waals surface area contributed by atoms with Crippen LogP contribution in [-0.2, 0) is 19.1 Å². The number of H-pyrrole nitrogens is 2. The number of nitrogens with zero attached hydrogens (tertiary/aromatic N) is 4. The number of nitrogens with one attached hydrogen (secondary N) is 4. The minimum Gasteiger partial charge on any atom is -0.453 e. The molecule has 2 aliphatic heterocycles. The number of rotatable bonds is 10. The van der Waals surface area contributed by atoms with E-state index >= 15 is 4.39 Å². The van der Waals surface area contributed by atoms with Crippen LogP contribution in [0.25, 0.3) is 33.6 Å². The lowest BCUT2D eigenvalue weighted by atomic mass is 10.0. The molecule has 2 aromatic heterocycles. The van der Waals surface area contributed by atoms with E-state index in [9.17, 15) is 19.2 Å². The molecule has 2 fully saturated rings. The molecular weight excluding hydrogens is 719 g/mol. The number of benzene rings is 3. The number of hydrogen-bond donors (Lipinski definition) is 4. The fourth-order valence-electron chi connectivity index (χ4n) is 7.50. The molecule has 0 radical (unpaired) electrons. The first-order valence-corrected chi connectivity index (χ1v) is 18.5. The van der Waals surface area contributed by atoms with E-state index in [-0.39, 0.29) is 23.9 Å². The molecule has 4 atom stereocenters. The maximum absolute atomic E-state index is 15.7. The van der Waals surface area contributed by atoms with Crippen molar-refractivity contribution in [1.82, 2.24) is 40.4 Å². The van der Waals surface area contributed by atoms with Gasteiger partial charge in [-0.1, -0.05) is 60.7 Å². The summed E-state index contributed by atoms with van der Waals surface area (Å²) in [7, 11) is 2.50. The predicted molar refractivity (Wildman–Crippen MR) is 204 cm³/mol. The van der Waals surface area contributed by atoms with Crippen molar-refractivity contribution in [2.45, 2.75) is 56.8 Å². The van der Waals surface area contributed by atoms with E-state index in [2.05, 4.69) is 35.3 Å². The molecular formula is C41H43FN8O6. The van der Waals surface area contributed by atoms with Crippen LogP contribution in [0.5, 0.6) is 0 Å². The van der Waals surface area contributed by atoms with Gasteiger partial charge >= 0.3 is 12.2 Å². The molecule has 15 heteroatoms. The van der Waals surface area contributed by atoms with Crippen LogP contribution >= 0.6 is 0 Å². The summed E-state index contributed by atoms with van der Waals surface area (Å²) in [6.07, 6.45) is 4.89. The minimum atomic E-state index is -0.907. The van der Waals surface area contributed by atoms with Crippen molar-refractivity contribution >= 4 is 24.0 Å². The number of methoxy groups -OCH3 is 2. The Hall–Kier alpha value is -6.51. The number of alkyl carbamates (subject to hydrolysis) is 2. The molecule has 7 rings (SSSR count). The normalized spacial score (nSPS) is 17.6. The summed E-state index contributed by atoms with van der Waals surface area (Å²) < 4.78 is 25.1. The van der Waals surface area contributed by atoms with Gasteiger partial charge in [0.25, 0.3) is 5.91 Å². The average molecular weight is 763 g/mol. The van der Waals surface area contributed by atoms with Gasteiger partial charge in [-0.2, -0.15) is 0 Å². The van der Waals surface area contributed by atoms with Gasteiger partial charge in [-0.15, -0.1) is 0 Å². The van der Waals surface area contributed by atoms with Gasteiger partial charge < -0.3 is 39.9 Å². The molecule has 3 aromatic carbocycles. The number of imidazole rings is 2. The summed E-state index contributed by atoms with van der Waals surface area (Å²) in [5, 5.41) is 5.20. The fourth-order valence-corrected chi connectivity index (χ4v) is 7.50. The molecule has 4 heterocycles. The smallest absolute Gasteiger partial charge is 0.407 e. The van der Waals surface area contributed by atoms with Gasteiger partial charge in [0.1, 0.15) is 29.5 Å². The molecule has 56 heavy (non-hydrogen) atoms. The topological polar surface area (TPSA) is 175 Å². The molecule has 0 aliphatic carbocycles. The standard InChI is InChI=1S/C41H43FN8O6/c1-24(45-40(53)55-2)38(51)49-19-7-11-33(49)37-44-23-32(47-37)29-18-17-28(21-30(29)42)25-13-15-26(16-14-25)31-22-43-36(46-31)34-12-8-20-50(34)39(52)35(48-41(54)56-3)27-9-5-4-6-10-27/h4-6,9-10,13-18,21-24,33-35H,7-8,11-12,19-20H2,1-3H3,(H,43,46)(H,44,47)(H,45,53)(H,48,54)/t24-,33-,34-,35+/m0/s1. The highest BCUT2D eigenvalue weighted by molar-refractivity contribution is 5.88. The SMILES string of the molecule is COC(=O)N[C@@H](C)C(=O)N1CCC[C@H]1c1ncc(-c2ccc(-c3ccc(-c4cnc([C@@H]5CCCN5C(=O)[C@H](NC(=O)OC)c5ccccc5)[nH]4)cc3)cc2F)[nH]1. The second kappa shape index (κ2) is 16.5. The summed E-state index contributed by atoms with van der Waals surface area (Å²) in [5.74, 6) is 0.280. The van der Waals surface area contributed by atoms with E-state index in [1.165, 1.54) is 20.3 Å². The highest BCUT2D eigenvalue weighted by atomic mass is 19.1. The van der Waals surface area contributed by atoms with Crippen molar-refractivity contribution in [3.63, 3.8) is 0 Å². The summed E-state index contributed by atoms with van der Waals surface area (Å²) in [6.45, 7) is 2.64. The second-order valence-electron chi connectivity index (χ2n) is 13.9. The third kappa shape index (κ3) is 7.83. The Balaban J connectivity index is 1.02. The van der Waals surface area contributed by atoms with Gasteiger partial charge in [0, 0.05) is 18.7 Å². The largest absolute Gasteiger partial charge is 0.453 e. The Bertz CT molecular complexity index is 2210. The van der Waals surface area contributed by atoms with Gasteiger partial charge in [0.2, 0.25) is 5.91 Å². The number of aromatic amines is 2. The molecule has 0 spiro atoms. The summed E-state index contributed by atoms with van der Waals surface area (Å²) in [6, 6.07) is 19.5. The van der Waals surface area contributed by atoms with Crippen LogP contribution in [0.2, 0.25) is 0 Å². The van der Waals surface area contributed by atoms with Crippen LogP contribution in [0, 0.1) is 5.82 Å². The number of likely N-dealkylation sites (tertiary alicyclic amines) is 2. The Morgan fingerprint density at radius 2 is 1.29 bits per heavy atom. The number of ether oxygens (including phenoxy) is 2. The molecule has 4 amide bonds. The number of halogens is 1. The van der Waals surface area contributed by atoms with Crippen LogP contribution < -0.4 is 10.6 Å². The molecule has 0 unspecified atom stereocenters. The average Bonchev–Trinajstić information content (AvgIpc) is 4.07. The Morgan fingerprint density at radius 1 is 0.732 bits per heavy atom. The van der Waals surface area contributed by atoms with Crippen molar-refractivity contribution in [3.05, 3.63) is 108 Å². The molecule has 0 saturated carbocycles. The lowest BCUT2D eigenvalue weighted by molar-refractivity contribution is -0.135. The van der Waals surface area contributed by atoms with Gasteiger partial charge in [0.05, 0.1) is 50.1 Å². The van der Waals surface area contributed by atoms with E-state index in [1.54, 1.807) is 47.3 Å². The minimum absolute atomic E-state index is 0.244. The van der Waals surface area contributed by atoms with E-state index in [4.69, 9.17) is 4.74 Å². The van der Waals surface area contributed by atoms with E-state index < -0.39 is 30.1 Å². The van der Waals surface area contributed by atoms with Gasteiger partial charge in [0.15, 0.2) is 0 Å². The first-order chi connectivity index (χ1) is 27.1. The fraction of sp³-hybridized carbons (Fsp3) is 0.317. The maximum Gasteiger partial charge on any atom is 0.407 e. The lowest BCUT2D eigenvalue weighted by Crippen LogP contribution is -2.46. The van der Waals surface area contributed by atoms with Crippen LogP contribution in [0.3, 0.4) is 0 Å². The molecule has 2 aliphatic rings. The van der Waals surface area contributed by atoms with Crippen LogP contribution in [-0.4, -0.2) is 87.1 Å². The second-order valence-corrected chi connectivity index (χ2v) is 13.9. The quantitative estimate of drug-likeness (QED) is 0.126. The molecule has 4 N–H and O–H groups in total. The number of carbonyl (C=O) groups excluding carboxylic acids is 4. The van der Waals surface area contributed by atoms with Crippen LogP contribution in [0.4, 0.5) is 14.0 Å². The third-order valence-corrected chi connectivity index (χ3v) is 10.4. The predicted octanol–water partition coefficient (Wildman–Crippen LogP) is 6.44. The van der Waals surface area contributed by atoms with E-state index in [1.807, 2.05) is 48.5 Å². The Labute approximate surface area is 322 Å². The lowest BCUT2D eigenvalue weighted by Gasteiger charge is -2.28. The summed E-state index contributed by atoms with van der Waals surface area (Å²) >= 11 is 0. The number of aromatic nitrogens is 4. The van der Waals surface area contributed by atoms with Crippen LogP contribution in [0.15, 0.2) is 85.2 Å². The number of hydrogen-bond acceptors (Lipinski definition) is 8. The van der Waals surface area contributed by atoms with Crippen molar-refractivity contribution < 1.29 is 33.0 Å². The van der Waals surface area contributed by atoms with Gasteiger partial charge in [-0.25, -0.2) is 23.9 Å². The first kappa shape index (κ1) is 37.8. The maximum atomic E-state index is 15.7. The van der Waals surface area contributed by atoms with Crippen molar-refractivity contribution in [1.29, 1.82) is 0 Å². The Morgan fingerprint density at radius 3 is 1.91 bits per heavy atom. The van der Waals surface area contributed by atoms with E-state index in [0.29, 0.717) is 60.0 Å². The van der Waals surface area contributed by atoms with Gasteiger partial charge in [-0.05, 0) is 67.0 Å². The van der Waals surface area contributed by atoms with Crippen molar-refractivity contribution in [2.75, 3.05) is 27.3 Å². The number of amides is 4. The third-order valence-electron chi connectivity index (χ3n) is 10.4. The highest BCUT2D eigenvalue weighted by Crippen LogP contribution is 2.36. The first-order valence-electron chi connectivity index (χ1n) is 18.5.